The molecular weight excluding hydrogens is 318 g/mol. The van der Waals surface area contributed by atoms with Gasteiger partial charge in [-0.2, -0.15) is 0 Å². The van der Waals surface area contributed by atoms with E-state index in [9.17, 15) is 4.79 Å². The van der Waals surface area contributed by atoms with Crippen molar-refractivity contribution in [3.05, 3.63) is 53.1 Å². The number of aryl methyl sites for hydroxylation is 2. The van der Waals surface area contributed by atoms with Gasteiger partial charge in [-0.15, -0.1) is 0 Å². The van der Waals surface area contributed by atoms with Gasteiger partial charge in [0, 0.05) is 6.54 Å². The fourth-order valence-corrected chi connectivity index (χ4v) is 2.50. The molecule has 25 heavy (non-hydrogen) atoms. The molecule has 0 aliphatic rings. The summed E-state index contributed by atoms with van der Waals surface area (Å²) >= 11 is 0. The highest BCUT2D eigenvalue weighted by Crippen LogP contribution is 2.27. The maximum Gasteiger partial charge on any atom is 0.261 e. The summed E-state index contributed by atoms with van der Waals surface area (Å²) in [7, 11) is 3.17. The summed E-state index contributed by atoms with van der Waals surface area (Å²) in [5, 5.41) is 2.88. The van der Waals surface area contributed by atoms with E-state index in [4.69, 9.17) is 14.2 Å². The van der Waals surface area contributed by atoms with Crippen LogP contribution in [0.25, 0.3) is 0 Å². The lowest BCUT2D eigenvalue weighted by Gasteiger charge is -2.17. The Kier molecular flexibility index (Phi) is 6.28. The van der Waals surface area contributed by atoms with E-state index in [1.165, 1.54) is 0 Å². The van der Waals surface area contributed by atoms with Crippen LogP contribution in [0.3, 0.4) is 0 Å². The Bertz CT molecular complexity index is 742. The van der Waals surface area contributed by atoms with Crippen LogP contribution in [-0.2, 0) is 11.3 Å². The van der Waals surface area contributed by atoms with Crippen LogP contribution in [0.1, 0.15) is 23.6 Å². The second-order valence-corrected chi connectivity index (χ2v) is 5.94. The number of carbonyl (C=O) groups excluding carboxylic acids is 1. The number of nitrogens with one attached hydrogen (secondary N) is 1. The smallest absolute Gasteiger partial charge is 0.261 e. The Morgan fingerprint density at radius 3 is 2.32 bits per heavy atom. The molecule has 0 bridgehead atoms. The molecule has 0 heterocycles. The summed E-state index contributed by atoms with van der Waals surface area (Å²) in [6.07, 6.45) is -0.582. The summed E-state index contributed by atoms with van der Waals surface area (Å²) < 4.78 is 16.3. The lowest BCUT2D eigenvalue weighted by molar-refractivity contribution is -0.127. The van der Waals surface area contributed by atoms with Crippen molar-refractivity contribution in [2.45, 2.75) is 33.4 Å². The Morgan fingerprint density at radius 2 is 1.68 bits per heavy atom. The molecule has 1 N–H and O–H groups in total. The van der Waals surface area contributed by atoms with Crippen LogP contribution in [0.4, 0.5) is 0 Å². The molecule has 0 saturated heterocycles. The first-order chi connectivity index (χ1) is 11.9. The van der Waals surface area contributed by atoms with Crippen LogP contribution < -0.4 is 19.5 Å². The first kappa shape index (κ1) is 18.6. The lowest BCUT2D eigenvalue weighted by Crippen LogP contribution is -2.36. The van der Waals surface area contributed by atoms with Crippen molar-refractivity contribution in [1.82, 2.24) is 5.32 Å². The molecular formula is C20H25NO4. The number of amides is 1. The molecule has 1 atom stereocenters. The molecule has 2 aromatic rings. The maximum absolute atomic E-state index is 12.3. The van der Waals surface area contributed by atoms with Gasteiger partial charge in [-0.25, -0.2) is 0 Å². The van der Waals surface area contributed by atoms with Gasteiger partial charge in [0.05, 0.1) is 14.2 Å². The van der Waals surface area contributed by atoms with Crippen molar-refractivity contribution in [1.29, 1.82) is 0 Å². The van der Waals surface area contributed by atoms with Gasteiger partial charge in [0.25, 0.3) is 5.91 Å². The molecule has 0 aliphatic carbocycles. The van der Waals surface area contributed by atoms with Crippen molar-refractivity contribution in [3.8, 4) is 17.2 Å². The van der Waals surface area contributed by atoms with E-state index < -0.39 is 6.10 Å². The zero-order valence-corrected chi connectivity index (χ0v) is 15.4. The van der Waals surface area contributed by atoms with E-state index in [1.807, 2.05) is 50.2 Å². The third kappa shape index (κ3) is 4.89. The summed E-state index contributed by atoms with van der Waals surface area (Å²) in [6.45, 7) is 6.12. The summed E-state index contributed by atoms with van der Waals surface area (Å²) in [4.78, 5) is 12.3. The van der Waals surface area contributed by atoms with Gasteiger partial charge in [-0.05, 0) is 50.1 Å². The van der Waals surface area contributed by atoms with Gasteiger partial charge >= 0.3 is 0 Å². The molecule has 0 saturated carbocycles. The van der Waals surface area contributed by atoms with Crippen LogP contribution in [0.5, 0.6) is 17.2 Å². The lowest BCUT2D eigenvalue weighted by atomic mass is 10.1. The highest BCUT2D eigenvalue weighted by Gasteiger charge is 2.15. The number of methoxy groups -OCH3 is 2. The van der Waals surface area contributed by atoms with Crippen LogP contribution in [-0.4, -0.2) is 26.2 Å². The number of carbonyl (C=O) groups is 1. The van der Waals surface area contributed by atoms with Crippen molar-refractivity contribution in [2.75, 3.05) is 14.2 Å². The van der Waals surface area contributed by atoms with E-state index in [0.717, 1.165) is 22.4 Å². The average molecular weight is 343 g/mol. The SMILES string of the molecule is COc1ccc(CNC(=O)C(C)Oc2ccc(C)cc2C)cc1OC. The highest BCUT2D eigenvalue weighted by molar-refractivity contribution is 5.80. The van der Waals surface area contributed by atoms with E-state index in [1.54, 1.807) is 21.1 Å². The number of hydrogen-bond donors (Lipinski definition) is 1. The summed E-state index contributed by atoms with van der Waals surface area (Å²) in [6, 6.07) is 11.4. The zero-order valence-electron chi connectivity index (χ0n) is 15.4. The molecule has 1 amide bonds. The highest BCUT2D eigenvalue weighted by atomic mass is 16.5. The van der Waals surface area contributed by atoms with Gasteiger partial charge in [-0.1, -0.05) is 23.8 Å². The van der Waals surface area contributed by atoms with Gasteiger partial charge < -0.3 is 19.5 Å². The second kappa shape index (κ2) is 8.42. The van der Waals surface area contributed by atoms with Gasteiger partial charge in [0.1, 0.15) is 5.75 Å². The fourth-order valence-electron chi connectivity index (χ4n) is 2.50. The van der Waals surface area contributed by atoms with Gasteiger partial charge in [-0.3, -0.25) is 4.79 Å². The predicted molar refractivity (Wildman–Crippen MR) is 97.4 cm³/mol. The Labute approximate surface area is 148 Å². The van der Waals surface area contributed by atoms with Crippen molar-refractivity contribution in [3.63, 3.8) is 0 Å². The number of hydrogen-bond acceptors (Lipinski definition) is 4. The molecule has 0 fully saturated rings. The predicted octanol–water partition coefficient (Wildman–Crippen LogP) is 3.40. The first-order valence-electron chi connectivity index (χ1n) is 8.17. The van der Waals surface area contributed by atoms with Crippen molar-refractivity contribution >= 4 is 5.91 Å². The van der Waals surface area contributed by atoms with Crippen LogP contribution in [0.15, 0.2) is 36.4 Å². The number of benzene rings is 2. The summed E-state index contributed by atoms with van der Waals surface area (Å²) in [5.74, 6) is 1.84. The van der Waals surface area contributed by atoms with Crippen molar-refractivity contribution in [2.24, 2.45) is 0 Å². The zero-order chi connectivity index (χ0) is 18.4. The van der Waals surface area contributed by atoms with Crippen LogP contribution in [0.2, 0.25) is 0 Å². The molecule has 2 rings (SSSR count). The van der Waals surface area contributed by atoms with Gasteiger partial charge in [0.15, 0.2) is 17.6 Å². The van der Waals surface area contributed by atoms with Crippen molar-refractivity contribution < 1.29 is 19.0 Å². The van der Waals surface area contributed by atoms with E-state index >= 15 is 0 Å². The fraction of sp³-hybridized carbons (Fsp3) is 0.350. The molecule has 134 valence electrons. The third-order valence-electron chi connectivity index (χ3n) is 3.92. The molecule has 0 aromatic heterocycles. The second-order valence-electron chi connectivity index (χ2n) is 5.94. The Morgan fingerprint density at radius 1 is 1.00 bits per heavy atom. The van der Waals surface area contributed by atoms with E-state index in [0.29, 0.717) is 18.0 Å². The average Bonchev–Trinajstić information content (AvgIpc) is 2.61. The number of ether oxygens (including phenoxy) is 3. The molecule has 2 aromatic carbocycles. The Hall–Kier alpha value is -2.69. The van der Waals surface area contributed by atoms with Crippen LogP contribution >= 0.6 is 0 Å². The van der Waals surface area contributed by atoms with Crippen LogP contribution in [0, 0.1) is 13.8 Å². The maximum atomic E-state index is 12.3. The molecule has 0 aliphatic heterocycles. The summed E-state index contributed by atoms with van der Waals surface area (Å²) in [5.41, 5.74) is 3.10. The largest absolute Gasteiger partial charge is 0.493 e. The monoisotopic (exact) mass is 343 g/mol. The quantitative estimate of drug-likeness (QED) is 0.837. The molecule has 5 nitrogen and oxygen atoms in total. The number of rotatable bonds is 7. The Balaban J connectivity index is 1.95. The van der Waals surface area contributed by atoms with E-state index in [-0.39, 0.29) is 5.91 Å². The minimum Gasteiger partial charge on any atom is -0.493 e. The third-order valence-corrected chi connectivity index (χ3v) is 3.92. The minimum atomic E-state index is -0.582. The minimum absolute atomic E-state index is 0.172. The normalized spacial score (nSPS) is 11.6. The molecule has 0 radical (unpaired) electrons. The molecule has 1 unspecified atom stereocenters. The molecule has 5 heteroatoms. The topological polar surface area (TPSA) is 56.8 Å². The first-order valence-corrected chi connectivity index (χ1v) is 8.17. The molecule has 0 spiro atoms. The van der Waals surface area contributed by atoms with Gasteiger partial charge in [0.2, 0.25) is 0 Å². The standard InChI is InChI=1S/C20H25NO4/c1-13-6-8-17(14(2)10-13)25-15(3)20(22)21-12-16-7-9-18(23-4)19(11-16)24-5/h6-11,15H,12H2,1-5H3,(H,21,22). The van der Waals surface area contributed by atoms with E-state index in [2.05, 4.69) is 5.32 Å².